The summed E-state index contributed by atoms with van der Waals surface area (Å²) in [5, 5.41) is 14.2. The minimum absolute atomic E-state index is 0.0972. The Morgan fingerprint density at radius 2 is 2.24 bits per heavy atom. The molecule has 0 radical (unpaired) electrons. The van der Waals surface area contributed by atoms with E-state index in [4.69, 9.17) is 4.74 Å². The average molecular weight is 304 g/mol. The lowest BCUT2D eigenvalue weighted by molar-refractivity contribution is 0.409. The quantitative estimate of drug-likeness (QED) is 0.713. The van der Waals surface area contributed by atoms with Crippen LogP contribution in [0.5, 0.6) is 11.5 Å². The van der Waals surface area contributed by atoms with Gasteiger partial charge in [-0.25, -0.2) is 9.50 Å². The molecule has 0 spiro atoms. The number of aromatic amines is 1. The number of phenolic OH excluding ortho intramolecular Hbond substituents is 1. The molecule has 2 heterocycles. The first-order valence-corrected chi connectivity index (χ1v) is 7.26. The Hall–Kier alpha value is -2.48. The number of hydrogen-bond acceptors (Lipinski definition) is 6. The lowest BCUT2D eigenvalue weighted by Gasteiger charge is -2.05. The predicted molar refractivity (Wildman–Crippen MR) is 79.0 cm³/mol. The maximum Gasteiger partial charge on any atom is 0.295 e. The minimum Gasteiger partial charge on any atom is -0.508 e. The summed E-state index contributed by atoms with van der Waals surface area (Å²) in [5.74, 6) is 0.569. The summed E-state index contributed by atoms with van der Waals surface area (Å²) in [6.07, 6.45) is 3.48. The highest BCUT2D eigenvalue weighted by Gasteiger charge is 2.13. The fourth-order valence-corrected chi connectivity index (χ4v) is 2.36. The first-order chi connectivity index (χ1) is 10.1. The van der Waals surface area contributed by atoms with Gasteiger partial charge in [-0.2, -0.15) is 0 Å². The highest BCUT2D eigenvalue weighted by atomic mass is 32.2. The van der Waals surface area contributed by atoms with Gasteiger partial charge in [0.05, 0.1) is 19.0 Å². The van der Waals surface area contributed by atoms with E-state index in [1.54, 1.807) is 12.3 Å². The van der Waals surface area contributed by atoms with Crippen molar-refractivity contribution < 1.29 is 9.84 Å². The molecular formula is C13H12N4O3S. The van der Waals surface area contributed by atoms with Gasteiger partial charge >= 0.3 is 0 Å². The number of imidazole rings is 1. The van der Waals surface area contributed by atoms with Crippen LogP contribution in [0.4, 0.5) is 0 Å². The third-order valence-corrected chi connectivity index (χ3v) is 3.53. The number of ether oxygens (including phenoxy) is 1. The molecule has 0 atom stereocenters. The van der Waals surface area contributed by atoms with Gasteiger partial charge in [0, 0.05) is 11.6 Å². The summed E-state index contributed by atoms with van der Waals surface area (Å²) < 4.78 is 6.67. The second kappa shape index (κ2) is 5.13. The van der Waals surface area contributed by atoms with Crippen molar-refractivity contribution in [3.63, 3.8) is 0 Å². The van der Waals surface area contributed by atoms with E-state index in [1.807, 2.05) is 6.26 Å². The van der Waals surface area contributed by atoms with Crippen LogP contribution in [-0.2, 0) is 0 Å². The van der Waals surface area contributed by atoms with E-state index >= 15 is 0 Å². The van der Waals surface area contributed by atoms with E-state index in [0.29, 0.717) is 22.2 Å². The molecule has 0 fully saturated rings. The first kappa shape index (κ1) is 13.5. The molecule has 0 aliphatic rings. The number of hydrogen-bond donors (Lipinski definition) is 2. The van der Waals surface area contributed by atoms with Crippen molar-refractivity contribution in [2.75, 3.05) is 13.4 Å². The van der Waals surface area contributed by atoms with Crippen LogP contribution in [0.1, 0.15) is 0 Å². The zero-order valence-electron chi connectivity index (χ0n) is 11.3. The smallest absolute Gasteiger partial charge is 0.295 e. The third kappa shape index (κ3) is 2.33. The highest BCUT2D eigenvalue weighted by molar-refractivity contribution is 7.98. The van der Waals surface area contributed by atoms with E-state index in [-0.39, 0.29) is 17.0 Å². The molecule has 0 aliphatic heterocycles. The predicted octanol–water partition coefficient (Wildman–Crippen LogP) is 1.52. The Morgan fingerprint density at radius 1 is 1.43 bits per heavy atom. The van der Waals surface area contributed by atoms with Gasteiger partial charge in [0.1, 0.15) is 11.5 Å². The van der Waals surface area contributed by atoms with Gasteiger partial charge in [0.15, 0.2) is 5.16 Å². The molecule has 0 saturated carbocycles. The molecule has 2 N–H and O–H groups in total. The number of fused-ring (bicyclic) bond motifs is 1. The minimum atomic E-state index is -0.307. The number of nitrogens with zero attached hydrogens (tertiary/aromatic N) is 3. The van der Waals surface area contributed by atoms with Crippen LogP contribution in [0.15, 0.2) is 34.3 Å². The second-order valence-corrected chi connectivity index (χ2v) is 5.04. The normalized spacial score (nSPS) is 11.0. The van der Waals surface area contributed by atoms with Crippen LogP contribution < -0.4 is 10.3 Å². The van der Waals surface area contributed by atoms with Crippen molar-refractivity contribution in [1.82, 2.24) is 19.6 Å². The maximum absolute atomic E-state index is 11.9. The molecule has 2 aromatic heterocycles. The Morgan fingerprint density at radius 3 is 2.95 bits per heavy atom. The second-order valence-electron chi connectivity index (χ2n) is 4.24. The average Bonchev–Trinajstić information content (AvgIpc) is 2.91. The van der Waals surface area contributed by atoms with Gasteiger partial charge in [-0.3, -0.25) is 9.78 Å². The summed E-state index contributed by atoms with van der Waals surface area (Å²) in [7, 11) is 1.50. The van der Waals surface area contributed by atoms with Crippen molar-refractivity contribution in [1.29, 1.82) is 0 Å². The van der Waals surface area contributed by atoms with Crippen LogP contribution in [0, 0.1) is 0 Å². The van der Waals surface area contributed by atoms with E-state index in [2.05, 4.69) is 15.1 Å². The van der Waals surface area contributed by atoms with Crippen LogP contribution in [-0.4, -0.2) is 38.1 Å². The molecule has 0 saturated heterocycles. The number of benzene rings is 1. The van der Waals surface area contributed by atoms with Crippen LogP contribution in [0.3, 0.4) is 0 Å². The molecule has 7 nitrogen and oxygen atoms in total. The molecule has 21 heavy (non-hydrogen) atoms. The summed E-state index contributed by atoms with van der Waals surface area (Å²) >= 11 is 1.34. The summed E-state index contributed by atoms with van der Waals surface area (Å²) in [4.78, 5) is 18.9. The van der Waals surface area contributed by atoms with Gasteiger partial charge in [0.2, 0.25) is 5.65 Å². The monoisotopic (exact) mass is 304 g/mol. The van der Waals surface area contributed by atoms with Crippen molar-refractivity contribution in [2.45, 2.75) is 5.16 Å². The summed E-state index contributed by atoms with van der Waals surface area (Å²) in [5.41, 5.74) is 1.12. The SMILES string of the molecule is COc1cc(O)ccc1-c1cn2nc(SC)[nH]c(=O)c2n1. The maximum atomic E-state index is 11.9. The number of methoxy groups -OCH3 is 1. The molecule has 1 aromatic carbocycles. The zero-order chi connectivity index (χ0) is 15.0. The largest absolute Gasteiger partial charge is 0.508 e. The summed E-state index contributed by atoms with van der Waals surface area (Å²) in [6.45, 7) is 0. The number of nitrogens with one attached hydrogen (secondary N) is 1. The Balaban J connectivity index is 2.22. The highest BCUT2D eigenvalue weighted by Crippen LogP contribution is 2.32. The van der Waals surface area contributed by atoms with Gasteiger partial charge in [-0.15, -0.1) is 5.10 Å². The number of phenols is 1. The zero-order valence-corrected chi connectivity index (χ0v) is 12.1. The first-order valence-electron chi connectivity index (χ1n) is 6.03. The van der Waals surface area contributed by atoms with Crippen LogP contribution in [0.25, 0.3) is 16.9 Å². The molecule has 3 rings (SSSR count). The number of thioether (sulfide) groups is 1. The van der Waals surface area contributed by atoms with Crippen LogP contribution >= 0.6 is 11.8 Å². The van der Waals surface area contributed by atoms with Crippen molar-refractivity contribution in [3.8, 4) is 22.8 Å². The van der Waals surface area contributed by atoms with E-state index < -0.39 is 0 Å². The van der Waals surface area contributed by atoms with Crippen molar-refractivity contribution in [3.05, 3.63) is 34.7 Å². The molecule has 3 aromatic rings. The van der Waals surface area contributed by atoms with E-state index in [1.165, 1.54) is 35.5 Å². The molecule has 108 valence electrons. The van der Waals surface area contributed by atoms with Gasteiger partial charge in [0.25, 0.3) is 5.56 Å². The Kier molecular flexibility index (Phi) is 3.30. The number of rotatable bonds is 3. The van der Waals surface area contributed by atoms with Crippen LogP contribution in [0.2, 0.25) is 0 Å². The van der Waals surface area contributed by atoms with Gasteiger partial charge in [-0.05, 0) is 18.4 Å². The fraction of sp³-hybridized carbons (Fsp3) is 0.154. The van der Waals surface area contributed by atoms with Gasteiger partial charge < -0.3 is 9.84 Å². The Bertz CT molecular complexity index is 871. The topological polar surface area (TPSA) is 92.5 Å². The standard InChI is InChI=1S/C13H12N4O3S/c1-20-10-5-7(18)3-4-8(10)9-6-17-11(14-9)12(19)15-13(16-17)21-2/h3-6,18H,1-2H3,(H,15,16,19). The third-order valence-electron chi connectivity index (χ3n) is 2.96. The lowest BCUT2D eigenvalue weighted by atomic mass is 10.1. The molecule has 0 bridgehead atoms. The molecule has 0 aliphatic carbocycles. The number of H-pyrrole nitrogens is 1. The molecular weight excluding hydrogens is 292 g/mol. The summed E-state index contributed by atoms with van der Waals surface area (Å²) in [6, 6.07) is 4.71. The van der Waals surface area contributed by atoms with Crippen molar-refractivity contribution >= 4 is 17.4 Å². The number of aromatic nitrogens is 4. The molecule has 0 amide bonds. The molecule has 0 unspecified atom stereocenters. The lowest BCUT2D eigenvalue weighted by Crippen LogP contribution is -2.13. The Labute approximate surface area is 123 Å². The molecule has 8 heteroatoms. The fourth-order valence-electron chi connectivity index (χ4n) is 1.99. The van der Waals surface area contributed by atoms with E-state index in [0.717, 1.165) is 0 Å². The number of aromatic hydroxyl groups is 1. The van der Waals surface area contributed by atoms with Gasteiger partial charge in [-0.1, -0.05) is 11.8 Å². The van der Waals surface area contributed by atoms with Crippen molar-refractivity contribution in [2.24, 2.45) is 0 Å². The van der Waals surface area contributed by atoms with E-state index in [9.17, 15) is 9.90 Å².